The van der Waals surface area contributed by atoms with Crippen LogP contribution in [-0.2, 0) is 17.6 Å². The van der Waals surface area contributed by atoms with Crippen LogP contribution < -0.4 is 15.2 Å². The van der Waals surface area contributed by atoms with Gasteiger partial charge < -0.3 is 19.9 Å². The Labute approximate surface area is 163 Å². The minimum atomic E-state index is -0.255. The SMILES string of the molecule is CCOC(=O)c1c(N)sc2c1CCCC2.COc1cc(C=O)cc(OC)c1. The van der Waals surface area contributed by atoms with Gasteiger partial charge in [0.15, 0.2) is 0 Å². The van der Waals surface area contributed by atoms with E-state index in [0.717, 1.165) is 31.1 Å². The number of aldehydes is 1. The highest BCUT2D eigenvalue weighted by Gasteiger charge is 2.24. The summed E-state index contributed by atoms with van der Waals surface area (Å²) in [5.41, 5.74) is 8.19. The molecule has 2 N–H and O–H groups in total. The van der Waals surface area contributed by atoms with Gasteiger partial charge in [0, 0.05) is 16.5 Å². The molecule has 0 aliphatic heterocycles. The molecule has 146 valence electrons. The normalized spacial score (nSPS) is 12.3. The summed E-state index contributed by atoms with van der Waals surface area (Å²) in [6.07, 6.45) is 5.14. The molecule has 0 saturated heterocycles. The number of rotatable bonds is 5. The van der Waals surface area contributed by atoms with Gasteiger partial charge in [0.2, 0.25) is 0 Å². The second-order valence-corrected chi connectivity index (χ2v) is 7.07. The Hall–Kier alpha value is -2.54. The Kier molecular flexibility index (Phi) is 7.67. The van der Waals surface area contributed by atoms with E-state index in [1.165, 1.54) is 11.3 Å². The summed E-state index contributed by atoms with van der Waals surface area (Å²) in [4.78, 5) is 23.4. The standard InChI is InChI=1S/C11H15NO2S.C9H10O3/c1-2-14-11(13)9-7-5-3-4-6-8(7)15-10(9)12;1-11-8-3-7(6-10)4-9(5-8)12-2/h2-6,12H2,1H3;3-6H,1-2H3. The molecule has 0 spiro atoms. The Morgan fingerprint density at radius 1 is 1.15 bits per heavy atom. The molecule has 1 aliphatic carbocycles. The van der Waals surface area contributed by atoms with E-state index in [-0.39, 0.29) is 5.97 Å². The summed E-state index contributed by atoms with van der Waals surface area (Å²) in [5.74, 6) is 0.988. The molecule has 1 aliphatic rings. The number of thiophene rings is 1. The molecule has 1 aromatic heterocycles. The molecule has 0 bridgehead atoms. The lowest BCUT2D eigenvalue weighted by Gasteiger charge is -2.11. The fourth-order valence-electron chi connectivity index (χ4n) is 2.91. The fraction of sp³-hybridized carbons (Fsp3) is 0.400. The smallest absolute Gasteiger partial charge is 0.341 e. The first-order chi connectivity index (χ1) is 13.0. The number of nitrogen functional groups attached to an aromatic ring is 1. The summed E-state index contributed by atoms with van der Waals surface area (Å²) in [6.45, 7) is 2.22. The number of benzene rings is 1. The van der Waals surface area contributed by atoms with Gasteiger partial charge in [-0.1, -0.05) is 0 Å². The van der Waals surface area contributed by atoms with E-state index in [2.05, 4.69) is 0 Å². The van der Waals surface area contributed by atoms with Crippen LogP contribution in [0.4, 0.5) is 5.00 Å². The van der Waals surface area contributed by atoms with Gasteiger partial charge in [-0.2, -0.15) is 0 Å². The topological polar surface area (TPSA) is 87.9 Å². The molecular formula is C20H25NO5S. The number of methoxy groups -OCH3 is 2. The number of aryl methyl sites for hydroxylation is 1. The highest BCUT2D eigenvalue weighted by atomic mass is 32.1. The van der Waals surface area contributed by atoms with Gasteiger partial charge in [-0.3, -0.25) is 4.79 Å². The van der Waals surface area contributed by atoms with E-state index < -0.39 is 0 Å². The lowest BCUT2D eigenvalue weighted by molar-refractivity contribution is 0.0526. The number of anilines is 1. The predicted molar refractivity (Wildman–Crippen MR) is 106 cm³/mol. The van der Waals surface area contributed by atoms with Crippen molar-refractivity contribution in [1.29, 1.82) is 0 Å². The second kappa shape index (κ2) is 9.97. The number of hydrogen-bond acceptors (Lipinski definition) is 7. The molecular weight excluding hydrogens is 366 g/mol. The maximum Gasteiger partial charge on any atom is 0.341 e. The van der Waals surface area contributed by atoms with E-state index in [1.54, 1.807) is 43.8 Å². The zero-order chi connectivity index (χ0) is 19.8. The van der Waals surface area contributed by atoms with Gasteiger partial charge in [0.05, 0.1) is 26.4 Å². The molecule has 2 aromatic rings. The predicted octanol–water partition coefficient (Wildman–Crippen LogP) is 3.90. The van der Waals surface area contributed by atoms with Gasteiger partial charge in [0.1, 0.15) is 22.8 Å². The third-order valence-corrected chi connectivity index (χ3v) is 5.31. The van der Waals surface area contributed by atoms with Crippen molar-refractivity contribution in [3.05, 3.63) is 39.8 Å². The minimum Gasteiger partial charge on any atom is -0.497 e. The number of hydrogen-bond donors (Lipinski definition) is 1. The first-order valence-corrected chi connectivity index (χ1v) is 9.61. The highest BCUT2D eigenvalue weighted by Crippen LogP contribution is 2.36. The van der Waals surface area contributed by atoms with Crippen LogP contribution in [0.1, 0.15) is 50.9 Å². The van der Waals surface area contributed by atoms with E-state index in [0.29, 0.717) is 34.2 Å². The van der Waals surface area contributed by atoms with Gasteiger partial charge in [0.25, 0.3) is 0 Å². The van der Waals surface area contributed by atoms with Gasteiger partial charge >= 0.3 is 5.97 Å². The summed E-state index contributed by atoms with van der Waals surface area (Å²) in [5, 5.41) is 0.625. The van der Waals surface area contributed by atoms with Crippen LogP contribution in [0.5, 0.6) is 11.5 Å². The Morgan fingerprint density at radius 3 is 2.33 bits per heavy atom. The number of carbonyl (C=O) groups is 2. The van der Waals surface area contributed by atoms with Crippen LogP contribution >= 0.6 is 11.3 Å². The van der Waals surface area contributed by atoms with Crippen molar-refractivity contribution < 1.29 is 23.8 Å². The largest absolute Gasteiger partial charge is 0.497 e. The maximum atomic E-state index is 11.7. The summed E-state index contributed by atoms with van der Waals surface area (Å²) >= 11 is 1.55. The molecule has 7 heteroatoms. The van der Waals surface area contributed by atoms with Crippen LogP contribution in [0.3, 0.4) is 0 Å². The molecule has 0 saturated carbocycles. The first kappa shape index (κ1) is 20.8. The molecule has 1 heterocycles. The molecule has 3 rings (SSSR count). The van der Waals surface area contributed by atoms with Crippen molar-refractivity contribution >= 4 is 28.6 Å². The molecule has 0 radical (unpaired) electrons. The van der Waals surface area contributed by atoms with Crippen molar-refractivity contribution in [3.63, 3.8) is 0 Å². The van der Waals surface area contributed by atoms with Gasteiger partial charge in [-0.15, -0.1) is 11.3 Å². The molecule has 1 aromatic carbocycles. The van der Waals surface area contributed by atoms with Crippen molar-refractivity contribution in [3.8, 4) is 11.5 Å². The monoisotopic (exact) mass is 391 g/mol. The Balaban J connectivity index is 0.000000199. The number of ether oxygens (including phenoxy) is 3. The molecule has 0 amide bonds. The van der Waals surface area contributed by atoms with Crippen LogP contribution in [0.25, 0.3) is 0 Å². The number of carbonyl (C=O) groups excluding carboxylic acids is 2. The van der Waals surface area contributed by atoms with E-state index >= 15 is 0 Å². The Bertz CT molecular complexity index is 778. The van der Waals surface area contributed by atoms with Crippen molar-refractivity contribution in [1.82, 2.24) is 0 Å². The van der Waals surface area contributed by atoms with Crippen LogP contribution in [-0.4, -0.2) is 33.1 Å². The van der Waals surface area contributed by atoms with Crippen molar-refractivity contribution in [2.45, 2.75) is 32.6 Å². The molecule has 0 unspecified atom stereocenters. The van der Waals surface area contributed by atoms with Crippen LogP contribution in [0, 0.1) is 0 Å². The first-order valence-electron chi connectivity index (χ1n) is 8.79. The minimum absolute atomic E-state index is 0.255. The van der Waals surface area contributed by atoms with Gasteiger partial charge in [-0.25, -0.2) is 4.79 Å². The van der Waals surface area contributed by atoms with Crippen molar-refractivity contribution in [2.75, 3.05) is 26.6 Å². The van der Waals surface area contributed by atoms with E-state index in [9.17, 15) is 9.59 Å². The fourth-order valence-corrected chi connectivity index (χ4v) is 4.06. The third kappa shape index (κ3) is 5.23. The molecule has 27 heavy (non-hydrogen) atoms. The average molecular weight is 391 g/mol. The summed E-state index contributed by atoms with van der Waals surface area (Å²) in [6, 6.07) is 5.01. The summed E-state index contributed by atoms with van der Waals surface area (Å²) in [7, 11) is 3.09. The number of fused-ring (bicyclic) bond motifs is 1. The number of nitrogens with two attached hydrogens (primary N) is 1. The zero-order valence-corrected chi connectivity index (χ0v) is 16.7. The van der Waals surface area contributed by atoms with Gasteiger partial charge in [-0.05, 0) is 50.3 Å². The zero-order valence-electron chi connectivity index (χ0n) is 15.9. The molecule has 0 fully saturated rings. The second-order valence-electron chi connectivity index (χ2n) is 5.93. The lowest BCUT2D eigenvalue weighted by Crippen LogP contribution is -2.10. The number of esters is 1. The van der Waals surface area contributed by atoms with E-state index in [1.807, 2.05) is 6.92 Å². The highest BCUT2D eigenvalue weighted by molar-refractivity contribution is 7.16. The third-order valence-electron chi connectivity index (χ3n) is 4.19. The lowest BCUT2D eigenvalue weighted by atomic mass is 9.95. The average Bonchev–Trinajstić information content (AvgIpc) is 3.03. The van der Waals surface area contributed by atoms with Crippen molar-refractivity contribution in [2.24, 2.45) is 0 Å². The quantitative estimate of drug-likeness (QED) is 0.614. The summed E-state index contributed by atoms with van der Waals surface area (Å²) < 4.78 is 14.9. The van der Waals surface area contributed by atoms with E-state index in [4.69, 9.17) is 19.9 Å². The maximum absolute atomic E-state index is 11.7. The molecule has 6 nitrogen and oxygen atoms in total. The Morgan fingerprint density at radius 2 is 1.78 bits per heavy atom. The van der Waals surface area contributed by atoms with Crippen LogP contribution in [0.15, 0.2) is 18.2 Å². The molecule has 0 atom stereocenters. The van der Waals surface area contributed by atoms with Crippen LogP contribution in [0.2, 0.25) is 0 Å².